The third-order valence-corrected chi connectivity index (χ3v) is 2.19. The van der Waals surface area contributed by atoms with Crippen molar-refractivity contribution in [3.63, 3.8) is 0 Å². The summed E-state index contributed by atoms with van der Waals surface area (Å²) in [6.07, 6.45) is -34.0. The minimum Gasteiger partial charge on any atom is -0.478 e. The van der Waals surface area contributed by atoms with Gasteiger partial charge in [0.2, 0.25) is 0 Å². The zero-order valence-electron chi connectivity index (χ0n) is 10.4. The Bertz CT molecular complexity index is 511. The highest BCUT2D eigenvalue weighted by Gasteiger charge is 2.85. The van der Waals surface area contributed by atoms with Gasteiger partial charge in [-0.1, -0.05) is 0 Å². The van der Waals surface area contributed by atoms with E-state index >= 15 is 0 Å². The van der Waals surface area contributed by atoms with Crippen molar-refractivity contribution in [2.45, 2.75) is 36.4 Å². The second kappa shape index (κ2) is 5.53. The van der Waals surface area contributed by atoms with Crippen molar-refractivity contribution < 1.29 is 72.4 Å². The minimum atomic E-state index is -6.97. The molecule has 1 atom stereocenters. The highest BCUT2D eigenvalue weighted by Crippen LogP contribution is 2.54. The number of hydrogen-bond acceptors (Lipinski definition) is 5. The molecule has 1 aliphatic heterocycles. The molecule has 17 heteroatoms. The second-order valence-electron chi connectivity index (χ2n) is 3.80. The van der Waals surface area contributed by atoms with Crippen molar-refractivity contribution >= 4 is 5.97 Å². The van der Waals surface area contributed by atoms with E-state index in [1.807, 2.05) is 9.47 Å². The minimum absolute atomic E-state index is 0. The summed E-state index contributed by atoms with van der Waals surface area (Å²) in [5, 5.41) is 8.03. The van der Waals surface area contributed by atoms with Crippen molar-refractivity contribution in [1.82, 2.24) is 6.15 Å². The van der Waals surface area contributed by atoms with Crippen molar-refractivity contribution in [2.75, 3.05) is 0 Å². The first-order valence-electron chi connectivity index (χ1n) is 4.73. The van der Waals surface area contributed by atoms with Crippen molar-refractivity contribution in [3.8, 4) is 0 Å². The number of carboxylic acids is 1. The van der Waals surface area contributed by atoms with E-state index in [1.165, 1.54) is 0 Å². The van der Waals surface area contributed by atoms with Gasteiger partial charge in [-0.15, -0.1) is 8.78 Å². The number of aliphatic carboxylic acids is 1. The van der Waals surface area contributed by atoms with E-state index in [0.29, 0.717) is 0 Å². The Hall–Kier alpha value is -1.46. The molecule has 1 fully saturated rings. The third kappa shape index (κ3) is 3.20. The van der Waals surface area contributed by atoms with Gasteiger partial charge < -0.3 is 11.3 Å². The third-order valence-electron chi connectivity index (χ3n) is 2.19. The zero-order valence-corrected chi connectivity index (χ0v) is 10.4. The summed E-state index contributed by atoms with van der Waals surface area (Å²) in [4.78, 5) is 10.3. The van der Waals surface area contributed by atoms with Crippen molar-refractivity contribution in [1.29, 1.82) is 0 Å². The first-order valence-corrected chi connectivity index (χ1v) is 4.73. The maximum absolute atomic E-state index is 13.5. The first-order chi connectivity index (χ1) is 9.81. The lowest BCUT2D eigenvalue weighted by Crippen LogP contribution is -2.66. The van der Waals surface area contributed by atoms with Gasteiger partial charge in [-0.25, -0.2) is 23.4 Å². The molecular formula is C7H4F11NO5. The van der Waals surface area contributed by atoms with Crippen LogP contribution >= 0.6 is 0 Å². The number of rotatable bonds is 1. The molecule has 0 aromatic carbocycles. The standard InChI is InChI=1S/C7HF11O5.H3N/c8-2(1(19)20)3(9,10)21-5(13,14)6(15,16)23-7(17,18)22-4(2,11)12;/h(H,19,20);1H3. The molecular weight excluding hydrogens is 387 g/mol. The highest BCUT2D eigenvalue weighted by atomic mass is 19.3. The lowest BCUT2D eigenvalue weighted by molar-refractivity contribution is -0.549. The van der Waals surface area contributed by atoms with Gasteiger partial charge in [0.25, 0.3) is 0 Å². The zero-order chi connectivity index (χ0) is 18.7. The lowest BCUT2D eigenvalue weighted by Gasteiger charge is -2.34. The van der Waals surface area contributed by atoms with Crippen LogP contribution in [0, 0.1) is 0 Å². The van der Waals surface area contributed by atoms with Gasteiger partial charge in [-0.3, -0.25) is 0 Å². The summed E-state index contributed by atoms with van der Waals surface area (Å²) in [6.45, 7) is 0. The van der Waals surface area contributed by atoms with Crippen LogP contribution < -0.4 is 6.15 Å². The van der Waals surface area contributed by atoms with Crippen LogP contribution in [0.15, 0.2) is 0 Å². The average Bonchev–Trinajstić information content (AvgIpc) is 2.21. The summed E-state index contributed by atoms with van der Waals surface area (Å²) in [7, 11) is 0. The summed E-state index contributed by atoms with van der Waals surface area (Å²) >= 11 is 0. The number of carbonyl (C=O) groups is 1. The fourth-order valence-corrected chi connectivity index (χ4v) is 1.16. The molecule has 0 aromatic rings. The van der Waals surface area contributed by atoms with Gasteiger partial charge in [-0.05, 0) is 0 Å². The smallest absolute Gasteiger partial charge is 0.478 e. The van der Waals surface area contributed by atoms with Crippen LogP contribution in [0.3, 0.4) is 0 Å². The van der Waals surface area contributed by atoms with Crippen molar-refractivity contribution in [3.05, 3.63) is 0 Å². The Kier molecular flexibility index (Phi) is 5.19. The largest absolute Gasteiger partial charge is 0.495 e. The number of carboxylic acid groups (broad SMARTS) is 1. The summed E-state index contributed by atoms with van der Waals surface area (Å²) in [5.74, 6) is -4.04. The van der Waals surface area contributed by atoms with Gasteiger partial charge >= 0.3 is 42.4 Å². The fourth-order valence-electron chi connectivity index (χ4n) is 1.16. The van der Waals surface area contributed by atoms with E-state index in [4.69, 9.17) is 5.11 Å². The predicted molar refractivity (Wildman–Crippen MR) is 44.5 cm³/mol. The van der Waals surface area contributed by atoms with E-state index in [1.54, 1.807) is 4.74 Å². The van der Waals surface area contributed by atoms with Gasteiger partial charge in [0.1, 0.15) is 0 Å². The first kappa shape index (κ1) is 22.5. The van der Waals surface area contributed by atoms with Crippen LogP contribution in [0.5, 0.6) is 0 Å². The van der Waals surface area contributed by atoms with Crippen molar-refractivity contribution in [2.24, 2.45) is 0 Å². The molecule has 1 rings (SSSR count). The van der Waals surface area contributed by atoms with E-state index in [0.717, 1.165) is 0 Å². The van der Waals surface area contributed by atoms with Crippen LogP contribution in [0.25, 0.3) is 0 Å². The molecule has 0 aliphatic carbocycles. The molecule has 0 saturated carbocycles. The summed E-state index contributed by atoms with van der Waals surface area (Å²) in [5.41, 5.74) is -6.75. The molecule has 1 aliphatic rings. The molecule has 0 bridgehead atoms. The fraction of sp³-hybridized carbons (Fsp3) is 0.857. The quantitative estimate of drug-likeness (QED) is 0.667. The number of halogens is 11. The molecule has 1 unspecified atom stereocenters. The molecule has 144 valence electrons. The Labute approximate surface area is 122 Å². The van der Waals surface area contributed by atoms with Crippen LogP contribution in [-0.4, -0.2) is 47.5 Å². The Balaban J connectivity index is 0.00000529. The molecule has 1 heterocycles. The summed E-state index contributed by atoms with van der Waals surface area (Å²) < 4.78 is 147. The van der Waals surface area contributed by atoms with Gasteiger partial charge in [0, 0.05) is 0 Å². The maximum atomic E-state index is 13.5. The Morgan fingerprint density at radius 1 is 0.625 bits per heavy atom. The molecule has 0 spiro atoms. The molecule has 6 nitrogen and oxygen atoms in total. The predicted octanol–water partition coefficient (Wildman–Crippen LogP) is 2.93. The monoisotopic (exact) mass is 391 g/mol. The molecule has 1 saturated heterocycles. The lowest BCUT2D eigenvalue weighted by atomic mass is 10.0. The molecule has 0 amide bonds. The van der Waals surface area contributed by atoms with Crippen LogP contribution in [0.1, 0.15) is 0 Å². The molecule has 0 aromatic heterocycles. The average molecular weight is 391 g/mol. The number of alkyl halides is 11. The van der Waals surface area contributed by atoms with Gasteiger partial charge in [0.05, 0.1) is 0 Å². The van der Waals surface area contributed by atoms with E-state index < -0.39 is 42.4 Å². The van der Waals surface area contributed by atoms with E-state index in [2.05, 4.69) is 0 Å². The molecule has 4 N–H and O–H groups in total. The topological polar surface area (TPSA) is 100.0 Å². The second-order valence-corrected chi connectivity index (χ2v) is 3.80. The van der Waals surface area contributed by atoms with E-state index in [9.17, 15) is 53.1 Å². The molecule has 24 heavy (non-hydrogen) atoms. The van der Waals surface area contributed by atoms with E-state index in [-0.39, 0.29) is 6.15 Å². The Morgan fingerprint density at radius 2 is 0.917 bits per heavy atom. The number of ether oxygens (including phenoxy) is 3. The van der Waals surface area contributed by atoms with Crippen LogP contribution in [-0.2, 0) is 19.0 Å². The number of hydrogen-bond donors (Lipinski definition) is 2. The SMILES string of the molecule is N.O=C(O)C1(F)C(F)(F)OC(F)(F)OC(F)(F)C(F)(F)OC1(F)F. The van der Waals surface area contributed by atoms with Crippen LogP contribution in [0.4, 0.5) is 48.3 Å². The summed E-state index contributed by atoms with van der Waals surface area (Å²) in [6, 6.07) is 0. The maximum Gasteiger partial charge on any atom is 0.495 e. The van der Waals surface area contributed by atoms with Crippen LogP contribution in [0.2, 0.25) is 0 Å². The van der Waals surface area contributed by atoms with Gasteiger partial charge in [0.15, 0.2) is 0 Å². The Morgan fingerprint density at radius 3 is 1.29 bits per heavy atom. The molecule has 0 radical (unpaired) electrons. The van der Waals surface area contributed by atoms with Gasteiger partial charge in [-0.2, -0.15) is 35.1 Å². The normalized spacial score (nSPS) is 33.3. The highest BCUT2D eigenvalue weighted by molar-refractivity contribution is 5.79.